The summed E-state index contributed by atoms with van der Waals surface area (Å²) >= 11 is 0. The zero-order chi connectivity index (χ0) is 15.5. The lowest BCUT2D eigenvalue weighted by atomic mass is 10.0. The minimum absolute atomic E-state index is 0.388. The highest BCUT2D eigenvalue weighted by Gasteiger charge is 2.22. The predicted octanol–water partition coefficient (Wildman–Crippen LogP) is 5.33. The summed E-state index contributed by atoms with van der Waals surface area (Å²) in [6.45, 7) is 10.3. The quantitative estimate of drug-likeness (QED) is 0.372. The maximum atomic E-state index is 12.0. The number of carbonyl (C=O) groups is 1. The molecule has 1 heterocycles. The van der Waals surface area contributed by atoms with Crippen LogP contribution in [-0.2, 0) is 4.79 Å². The summed E-state index contributed by atoms with van der Waals surface area (Å²) in [5.41, 5.74) is 1.31. The first kappa shape index (κ1) is 18.3. The molecule has 0 aromatic heterocycles. The van der Waals surface area contributed by atoms with Crippen LogP contribution in [-0.4, -0.2) is 23.9 Å². The Morgan fingerprint density at radius 3 is 2.00 bits per heavy atom. The first-order valence-corrected chi connectivity index (χ1v) is 9.01. The molecule has 2 nitrogen and oxygen atoms in total. The fourth-order valence-corrected chi connectivity index (χ4v) is 3.08. The first-order valence-electron chi connectivity index (χ1n) is 9.01. The van der Waals surface area contributed by atoms with Gasteiger partial charge < -0.3 is 4.90 Å². The molecule has 1 amide bonds. The first-order chi connectivity index (χ1) is 10.1. The van der Waals surface area contributed by atoms with Gasteiger partial charge in [0.15, 0.2) is 0 Å². The van der Waals surface area contributed by atoms with E-state index < -0.39 is 0 Å². The van der Waals surface area contributed by atoms with Gasteiger partial charge in [0.05, 0.1) is 0 Å². The molecule has 0 spiro atoms. The number of hydrogen-bond acceptors (Lipinski definition) is 1. The van der Waals surface area contributed by atoms with E-state index in [0.717, 1.165) is 25.9 Å². The Morgan fingerprint density at radius 1 is 1.00 bits per heavy atom. The van der Waals surface area contributed by atoms with Gasteiger partial charge in [0, 0.05) is 19.5 Å². The Balaban J connectivity index is 1.84. The topological polar surface area (TPSA) is 20.3 Å². The second-order valence-corrected chi connectivity index (χ2v) is 7.02. The molecule has 0 N–H and O–H groups in total. The van der Waals surface area contributed by atoms with Gasteiger partial charge in [0.2, 0.25) is 5.91 Å². The molecule has 1 atom stereocenters. The van der Waals surface area contributed by atoms with Gasteiger partial charge in [-0.15, -0.1) is 6.58 Å². The maximum Gasteiger partial charge on any atom is 0.222 e. The largest absolute Gasteiger partial charge is 0.342 e. The Hall–Kier alpha value is -0.790. The molecule has 1 saturated heterocycles. The third-order valence-electron chi connectivity index (χ3n) is 4.52. The molecule has 0 saturated carbocycles. The molecule has 1 aliphatic heterocycles. The average molecular weight is 293 g/mol. The fourth-order valence-electron chi connectivity index (χ4n) is 3.08. The van der Waals surface area contributed by atoms with Gasteiger partial charge in [-0.1, -0.05) is 51.0 Å². The van der Waals surface area contributed by atoms with Gasteiger partial charge >= 0.3 is 0 Å². The Kier molecular flexibility index (Phi) is 9.45. The highest BCUT2D eigenvalue weighted by atomic mass is 16.2. The van der Waals surface area contributed by atoms with E-state index in [9.17, 15) is 4.79 Å². The van der Waals surface area contributed by atoms with Crippen molar-refractivity contribution in [2.45, 2.75) is 84.5 Å². The highest BCUT2D eigenvalue weighted by Crippen LogP contribution is 2.17. The summed E-state index contributed by atoms with van der Waals surface area (Å²) in [6.07, 6.45) is 13.5. The highest BCUT2D eigenvalue weighted by molar-refractivity contribution is 5.76. The molecule has 0 radical (unpaired) electrons. The SMILES string of the molecule is C=C(C)CCCCCCCCCCC(=O)N1CCC(C)C1. The summed E-state index contributed by atoms with van der Waals surface area (Å²) in [5, 5.41) is 0. The number of carbonyl (C=O) groups excluding carboxylic acids is 1. The van der Waals surface area contributed by atoms with Crippen LogP contribution in [0.3, 0.4) is 0 Å². The second-order valence-electron chi connectivity index (χ2n) is 7.02. The molecular weight excluding hydrogens is 258 g/mol. The van der Waals surface area contributed by atoms with Crippen LogP contribution in [0.25, 0.3) is 0 Å². The van der Waals surface area contributed by atoms with Gasteiger partial charge in [-0.2, -0.15) is 0 Å². The molecule has 0 aromatic rings. The molecule has 0 aromatic carbocycles. The zero-order valence-corrected chi connectivity index (χ0v) is 14.3. The third-order valence-corrected chi connectivity index (χ3v) is 4.52. The Morgan fingerprint density at radius 2 is 1.52 bits per heavy atom. The van der Waals surface area contributed by atoms with Crippen LogP contribution < -0.4 is 0 Å². The smallest absolute Gasteiger partial charge is 0.222 e. The molecule has 0 aliphatic carbocycles. The number of hydrogen-bond donors (Lipinski definition) is 0. The van der Waals surface area contributed by atoms with E-state index in [4.69, 9.17) is 0 Å². The number of allylic oxidation sites excluding steroid dienone is 1. The molecule has 1 fully saturated rings. The molecule has 2 heteroatoms. The normalized spacial score (nSPS) is 18.2. The lowest BCUT2D eigenvalue weighted by Gasteiger charge is -2.15. The molecular formula is C19H35NO. The fraction of sp³-hybridized carbons (Fsp3) is 0.842. The van der Waals surface area contributed by atoms with Gasteiger partial charge in [0.25, 0.3) is 0 Å². The van der Waals surface area contributed by atoms with E-state index in [1.807, 2.05) is 0 Å². The van der Waals surface area contributed by atoms with Crippen molar-refractivity contribution < 1.29 is 4.79 Å². The van der Waals surface area contributed by atoms with E-state index in [1.165, 1.54) is 63.4 Å². The molecule has 122 valence electrons. The van der Waals surface area contributed by atoms with Crippen molar-refractivity contribution in [3.8, 4) is 0 Å². The average Bonchev–Trinajstić information content (AvgIpc) is 2.87. The van der Waals surface area contributed by atoms with Crippen molar-refractivity contribution in [2.24, 2.45) is 5.92 Å². The predicted molar refractivity (Wildman–Crippen MR) is 91.3 cm³/mol. The monoisotopic (exact) mass is 293 g/mol. The minimum atomic E-state index is 0.388. The van der Waals surface area contributed by atoms with Crippen molar-refractivity contribution in [2.75, 3.05) is 13.1 Å². The number of rotatable bonds is 11. The minimum Gasteiger partial charge on any atom is -0.342 e. The molecule has 21 heavy (non-hydrogen) atoms. The Labute approximate surface area is 132 Å². The summed E-state index contributed by atoms with van der Waals surface area (Å²) in [5.74, 6) is 1.10. The standard InChI is InChI=1S/C19H35NO/c1-17(2)12-10-8-6-4-5-7-9-11-13-19(21)20-15-14-18(3)16-20/h18H,1,4-16H2,2-3H3. The van der Waals surface area contributed by atoms with Crippen molar-refractivity contribution in [3.63, 3.8) is 0 Å². The number of nitrogens with zero attached hydrogens (tertiary/aromatic N) is 1. The van der Waals surface area contributed by atoms with Crippen molar-refractivity contribution in [3.05, 3.63) is 12.2 Å². The van der Waals surface area contributed by atoms with Crippen molar-refractivity contribution in [1.82, 2.24) is 4.90 Å². The molecule has 1 unspecified atom stereocenters. The van der Waals surface area contributed by atoms with E-state index in [1.54, 1.807) is 0 Å². The van der Waals surface area contributed by atoms with Crippen LogP contribution in [0.5, 0.6) is 0 Å². The number of likely N-dealkylation sites (tertiary alicyclic amines) is 1. The lowest BCUT2D eigenvalue weighted by Crippen LogP contribution is -2.28. The second kappa shape index (κ2) is 10.9. The van der Waals surface area contributed by atoms with E-state index >= 15 is 0 Å². The van der Waals surface area contributed by atoms with Gasteiger partial charge in [-0.3, -0.25) is 4.79 Å². The number of amides is 1. The van der Waals surface area contributed by atoms with Gasteiger partial charge in [-0.25, -0.2) is 0 Å². The van der Waals surface area contributed by atoms with Crippen LogP contribution in [0.15, 0.2) is 12.2 Å². The Bertz CT molecular complexity index is 311. The summed E-state index contributed by atoms with van der Waals surface area (Å²) in [6, 6.07) is 0. The summed E-state index contributed by atoms with van der Waals surface area (Å²) < 4.78 is 0. The van der Waals surface area contributed by atoms with Crippen LogP contribution in [0.2, 0.25) is 0 Å². The van der Waals surface area contributed by atoms with Crippen LogP contribution >= 0.6 is 0 Å². The van der Waals surface area contributed by atoms with Crippen LogP contribution in [0.1, 0.15) is 84.5 Å². The molecule has 1 aliphatic rings. The van der Waals surface area contributed by atoms with Crippen LogP contribution in [0, 0.1) is 5.92 Å². The van der Waals surface area contributed by atoms with Crippen molar-refractivity contribution >= 4 is 5.91 Å². The lowest BCUT2D eigenvalue weighted by molar-refractivity contribution is -0.130. The van der Waals surface area contributed by atoms with Crippen molar-refractivity contribution in [1.29, 1.82) is 0 Å². The number of unbranched alkanes of at least 4 members (excludes halogenated alkanes) is 7. The van der Waals surface area contributed by atoms with Crippen LogP contribution in [0.4, 0.5) is 0 Å². The summed E-state index contributed by atoms with van der Waals surface area (Å²) in [4.78, 5) is 14.0. The zero-order valence-electron chi connectivity index (χ0n) is 14.3. The summed E-state index contributed by atoms with van der Waals surface area (Å²) in [7, 11) is 0. The van der Waals surface area contributed by atoms with E-state index in [-0.39, 0.29) is 0 Å². The third kappa shape index (κ3) is 8.95. The molecule has 1 rings (SSSR count). The van der Waals surface area contributed by atoms with E-state index in [2.05, 4.69) is 25.3 Å². The van der Waals surface area contributed by atoms with Gasteiger partial charge in [0.1, 0.15) is 0 Å². The van der Waals surface area contributed by atoms with E-state index in [0.29, 0.717) is 11.8 Å². The molecule has 0 bridgehead atoms. The van der Waals surface area contributed by atoms with Gasteiger partial charge in [-0.05, 0) is 38.5 Å². The maximum absolute atomic E-state index is 12.0.